The number of aryl methyl sites for hydroxylation is 1. The second kappa shape index (κ2) is 6.05. The van der Waals surface area contributed by atoms with Crippen LogP contribution in [0, 0.1) is 0 Å². The van der Waals surface area contributed by atoms with Gasteiger partial charge in [-0.15, -0.1) is 0 Å². The van der Waals surface area contributed by atoms with E-state index in [2.05, 4.69) is 5.32 Å². The molecule has 1 heterocycles. The smallest absolute Gasteiger partial charge is 0.251 e. The lowest BCUT2D eigenvalue weighted by Gasteiger charge is -2.29. The molecule has 1 atom stereocenters. The van der Waals surface area contributed by atoms with Gasteiger partial charge in [0.1, 0.15) is 0 Å². The second-order valence-electron chi connectivity index (χ2n) is 5.56. The minimum Gasteiger partial charge on any atom is -0.350 e. The van der Waals surface area contributed by atoms with Gasteiger partial charge in [-0.25, -0.2) is 8.42 Å². The summed E-state index contributed by atoms with van der Waals surface area (Å²) in [6.45, 7) is 4.48. The van der Waals surface area contributed by atoms with Crippen LogP contribution in [0.3, 0.4) is 0 Å². The molecule has 1 aromatic rings. The maximum atomic E-state index is 12.1. The molecule has 0 saturated carbocycles. The Kier molecular flexibility index (Phi) is 4.56. The maximum Gasteiger partial charge on any atom is 0.251 e. The zero-order valence-corrected chi connectivity index (χ0v) is 13.5. The van der Waals surface area contributed by atoms with Crippen LogP contribution < -0.4 is 9.62 Å². The topological polar surface area (TPSA) is 66.5 Å². The summed E-state index contributed by atoms with van der Waals surface area (Å²) >= 11 is 0. The molecule has 116 valence electrons. The number of benzene rings is 1. The molecule has 0 fully saturated rings. The molecular weight excluding hydrogens is 288 g/mol. The normalized spacial score (nSPS) is 16.2. The quantitative estimate of drug-likeness (QED) is 0.924. The first-order chi connectivity index (χ1) is 9.82. The minimum absolute atomic E-state index is 0.108. The molecule has 1 N–H and O–H groups in total. The van der Waals surface area contributed by atoms with Gasteiger partial charge in [-0.1, -0.05) is 6.92 Å². The molecule has 6 heteroatoms. The van der Waals surface area contributed by atoms with E-state index in [-0.39, 0.29) is 11.9 Å². The summed E-state index contributed by atoms with van der Waals surface area (Å²) < 4.78 is 25.0. The first kappa shape index (κ1) is 15.8. The zero-order valence-electron chi connectivity index (χ0n) is 12.7. The predicted molar refractivity (Wildman–Crippen MR) is 84.2 cm³/mol. The molecule has 0 bridgehead atoms. The van der Waals surface area contributed by atoms with Gasteiger partial charge in [0.2, 0.25) is 10.0 Å². The molecule has 1 aromatic carbocycles. The molecule has 1 amide bonds. The molecule has 0 spiro atoms. The Hall–Kier alpha value is -1.56. The van der Waals surface area contributed by atoms with Crippen LogP contribution in [0.2, 0.25) is 0 Å². The SMILES string of the molecule is CC[C@@H](C)NC(=O)c1ccc2c(c1)CCCN2S(C)(=O)=O. The van der Waals surface area contributed by atoms with Gasteiger partial charge in [0.25, 0.3) is 5.91 Å². The van der Waals surface area contributed by atoms with Crippen LogP contribution in [0.5, 0.6) is 0 Å². The highest BCUT2D eigenvalue weighted by Gasteiger charge is 2.24. The average Bonchev–Trinajstić information content (AvgIpc) is 2.44. The Labute approximate surface area is 126 Å². The van der Waals surface area contributed by atoms with Gasteiger partial charge in [0.05, 0.1) is 11.9 Å². The number of sulfonamides is 1. The summed E-state index contributed by atoms with van der Waals surface area (Å²) in [5, 5.41) is 2.92. The number of nitrogens with one attached hydrogen (secondary N) is 1. The maximum absolute atomic E-state index is 12.1. The van der Waals surface area contributed by atoms with Crippen LogP contribution in [0.1, 0.15) is 42.6 Å². The van der Waals surface area contributed by atoms with Crippen LogP contribution in [0.4, 0.5) is 5.69 Å². The molecule has 0 aromatic heterocycles. The van der Waals surface area contributed by atoms with E-state index in [0.29, 0.717) is 17.8 Å². The van der Waals surface area contributed by atoms with Crippen LogP contribution in [-0.4, -0.2) is 33.2 Å². The van der Waals surface area contributed by atoms with Gasteiger partial charge in [-0.3, -0.25) is 9.10 Å². The Morgan fingerprint density at radius 1 is 1.43 bits per heavy atom. The molecule has 5 nitrogen and oxygen atoms in total. The number of rotatable bonds is 4. The fourth-order valence-electron chi connectivity index (χ4n) is 2.46. The largest absolute Gasteiger partial charge is 0.350 e. The van der Waals surface area contributed by atoms with Crippen LogP contribution in [0.25, 0.3) is 0 Å². The summed E-state index contributed by atoms with van der Waals surface area (Å²) in [6, 6.07) is 5.37. The van der Waals surface area contributed by atoms with Crippen LogP contribution >= 0.6 is 0 Å². The highest BCUT2D eigenvalue weighted by atomic mass is 32.2. The van der Waals surface area contributed by atoms with Gasteiger partial charge in [0.15, 0.2) is 0 Å². The lowest BCUT2D eigenvalue weighted by molar-refractivity contribution is 0.0939. The van der Waals surface area contributed by atoms with Crippen molar-refractivity contribution in [3.8, 4) is 0 Å². The standard InChI is InChI=1S/C15H22N2O3S/c1-4-11(2)16-15(18)13-7-8-14-12(10-13)6-5-9-17(14)21(3,19)20/h7-8,10-11H,4-6,9H2,1-3H3,(H,16,18)/t11-/m1/s1. The summed E-state index contributed by atoms with van der Waals surface area (Å²) in [5.74, 6) is -0.108. The van der Waals surface area contributed by atoms with Gasteiger partial charge in [-0.05, 0) is 49.9 Å². The summed E-state index contributed by atoms with van der Waals surface area (Å²) in [5.41, 5.74) is 2.21. The zero-order chi connectivity index (χ0) is 15.6. The van der Waals surface area contributed by atoms with Crippen LogP contribution in [0.15, 0.2) is 18.2 Å². The first-order valence-electron chi connectivity index (χ1n) is 7.24. The Morgan fingerprint density at radius 3 is 2.76 bits per heavy atom. The van der Waals surface area contributed by atoms with Crippen molar-refractivity contribution >= 4 is 21.6 Å². The Morgan fingerprint density at radius 2 is 2.14 bits per heavy atom. The highest BCUT2D eigenvalue weighted by molar-refractivity contribution is 7.92. The third-order valence-corrected chi connectivity index (χ3v) is 4.99. The van der Waals surface area contributed by atoms with Gasteiger partial charge >= 0.3 is 0 Å². The van der Waals surface area contributed by atoms with Crippen molar-refractivity contribution in [2.24, 2.45) is 0 Å². The molecule has 0 unspecified atom stereocenters. The van der Waals surface area contributed by atoms with E-state index in [9.17, 15) is 13.2 Å². The highest BCUT2D eigenvalue weighted by Crippen LogP contribution is 2.29. The number of anilines is 1. The van der Waals surface area contributed by atoms with Crippen molar-refractivity contribution in [2.45, 2.75) is 39.2 Å². The monoisotopic (exact) mass is 310 g/mol. The van der Waals surface area contributed by atoms with Crippen molar-refractivity contribution in [3.63, 3.8) is 0 Å². The third-order valence-electron chi connectivity index (χ3n) is 3.81. The fourth-order valence-corrected chi connectivity index (χ4v) is 3.45. The number of hydrogen-bond donors (Lipinski definition) is 1. The second-order valence-corrected chi connectivity index (χ2v) is 7.47. The molecule has 0 aliphatic carbocycles. The number of carbonyl (C=O) groups is 1. The van der Waals surface area contributed by atoms with Crippen LogP contribution in [-0.2, 0) is 16.4 Å². The van der Waals surface area contributed by atoms with E-state index >= 15 is 0 Å². The van der Waals surface area contributed by atoms with Gasteiger partial charge < -0.3 is 5.32 Å². The molecule has 0 radical (unpaired) electrons. The minimum atomic E-state index is -3.26. The average molecular weight is 310 g/mol. The first-order valence-corrected chi connectivity index (χ1v) is 9.09. The number of amides is 1. The Balaban J connectivity index is 2.29. The molecule has 1 aliphatic rings. The Bertz CT molecular complexity index is 640. The van der Waals surface area contributed by atoms with E-state index in [4.69, 9.17) is 0 Å². The summed E-state index contributed by atoms with van der Waals surface area (Å²) in [4.78, 5) is 12.1. The molecule has 21 heavy (non-hydrogen) atoms. The summed E-state index contributed by atoms with van der Waals surface area (Å²) in [6.07, 6.45) is 3.66. The molecule has 1 aliphatic heterocycles. The van der Waals surface area contributed by atoms with E-state index in [1.54, 1.807) is 12.1 Å². The van der Waals surface area contributed by atoms with E-state index in [1.807, 2.05) is 19.9 Å². The number of carbonyl (C=O) groups excluding carboxylic acids is 1. The lowest BCUT2D eigenvalue weighted by atomic mass is 10.0. The molecule has 2 rings (SSSR count). The van der Waals surface area contributed by atoms with Crippen molar-refractivity contribution in [3.05, 3.63) is 29.3 Å². The third kappa shape index (κ3) is 3.56. The number of hydrogen-bond acceptors (Lipinski definition) is 3. The van der Waals surface area contributed by atoms with Crippen molar-refractivity contribution < 1.29 is 13.2 Å². The van der Waals surface area contributed by atoms with E-state index in [0.717, 1.165) is 24.8 Å². The van der Waals surface area contributed by atoms with Crippen molar-refractivity contribution in [2.75, 3.05) is 17.1 Å². The van der Waals surface area contributed by atoms with Crippen molar-refractivity contribution in [1.29, 1.82) is 0 Å². The molecular formula is C15H22N2O3S. The fraction of sp³-hybridized carbons (Fsp3) is 0.533. The van der Waals surface area contributed by atoms with Gasteiger partial charge in [0, 0.05) is 18.2 Å². The predicted octanol–water partition coefficient (Wildman–Crippen LogP) is 1.93. The van der Waals surface area contributed by atoms with E-state index < -0.39 is 10.0 Å². The summed E-state index contributed by atoms with van der Waals surface area (Å²) in [7, 11) is -3.26. The van der Waals surface area contributed by atoms with E-state index in [1.165, 1.54) is 10.6 Å². The number of nitrogens with zero attached hydrogens (tertiary/aromatic N) is 1. The lowest BCUT2D eigenvalue weighted by Crippen LogP contribution is -2.35. The number of fused-ring (bicyclic) bond motifs is 1. The molecule has 0 saturated heterocycles. The van der Waals surface area contributed by atoms with Gasteiger partial charge in [-0.2, -0.15) is 0 Å². The van der Waals surface area contributed by atoms with Crippen molar-refractivity contribution in [1.82, 2.24) is 5.32 Å².